The minimum atomic E-state index is 0.255. The van der Waals surface area contributed by atoms with Crippen LogP contribution in [-0.2, 0) is 9.47 Å². The molecule has 0 spiro atoms. The van der Waals surface area contributed by atoms with Crippen LogP contribution in [0.3, 0.4) is 0 Å². The second kappa shape index (κ2) is 14.1. The summed E-state index contributed by atoms with van der Waals surface area (Å²) < 4.78 is 11.1. The Morgan fingerprint density at radius 2 is 0.958 bits per heavy atom. The maximum absolute atomic E-state index is 8.88. The average Bonchev–Trinajstić information content (AvgIpc) is 2.65. The lowest BCUT2D eigenvalue weighted by Gasteiger charge is -2.31. The summed E-state index contributed by atoms with van der Waals surface area (Å²) in [7, 11) is 0. The lowest BCUT2D eigenvalue weighted by Crippen LogP contribution is -2.27. The molecule has 4 atom stereocenters. The largest absolute Gasteiger partial charge is 0.396 e. The van der Waals surface area contributed by atoms with Gasteiger partial charge in [0.1, 0.15) is 0 Å². The first kappa shape index (κ1) is 21.9. The zero-order chi connectivity index (χ0) is 17.6. The fourth-order valence-corrected chi connectivity index (χ4v) is 4.03. The molecule has 0 unspecified atom stereocenters. The van der Waals surface area contributed by atoms with Gasteiger partial charge in [-0.2, -0.15) is 0 Å². The molecular weight excluding hydrogens is 304 g/mol. The van der Waals surface area contributed by atoms with Crippen LogP contribution in [0.1, 0.15) is 65.2 Å². The van der Waals surface area contributed by atoms with Crippen LogP contribution in [0.4, 0.5) is 0 Å². The SMILES string of the molecule is CCOC[C@H]1CCCC[C@H]1COCC.OC[C@@H]1CCCC[C@@H]1CO. The van der Waals surface area contributed by atoms with Gasteiger partial charge in [0.15, 0.2) is 0 Å². The Balaban J connectivity index is 0.000000254. The van der Waals surface area contributed by atoms with Gasteiger partial charge in [0.25, 0.3) is 0 Å². The van der Waals surface area contributed by atoms with E-state index in [1.54, 1.807) is 0 Å². The summed E-state index contributed by atoms with van der Waals surface area (Å²) >= 11 is 0. The highest BCUT2D eigenvalue weighted by Crippen LogP contribution is 2.30. The predicted molar refractivity (Wildman–Crippen MR) is 98.1 cm³/mol. The number of aliphatic hydroxyl groups is 2. The van der Waals surface area contributed by atoms with E-state index in [0.717, 1.165) is 51.1 Å². The molecule has 2 aliphatic rings. The molecule has 0 saturated heterocycles. The fourth-order valence-electron chi connectivity index (χ4n) is 4.03. The topological polar surface area (TPSA) is 58.9 Å². The van der Waals surface area contributed by atoms with Crippen LogP contribution < -0.4 is 0 Å². The van der Waals surface area contributed by atoms with Crippen LogP contribution in [0.25, 0.3) is 0 Å². The molecule has 2 N–H and O–H groups in total. The van der Waals surface area contributed by atoms with Gasteiger partial charge in [0.05, 0.1) is 0 Å². The molecule has 144 valence electrons. The molecule has 4 heteroatoms. The third-order valence-corrected chi connectivity index (χ3v) is 5.67. The molecule has 2 fully saturated rings. The Kier molecular flexibility index (Phi) is 12.8. The van der Waals surface area contributed by atoms with Crippen LogP contribution in [-0.4, -0.2) is 49.9 Å². The molecule has 0 aromatic rings. The van der Waals surface area contributed by atoms with E-state index in [0.29, 0.717) is 11.8 Å². The van der Waals surface area contributed by atoms with Crippen LogP contribution >= 0.6 is 0 Å². The van der Waals surface area contributed by atoms with Gasteiger partial charge in [0, 0.05) is 39.6 Å². The number of aliphatic hydroxyl groups excluding tert-OH is 2. The molecule has 2 saturated carbocycles. The van der Waals surface area contributed by atoms with E-state index in [4.69, 9.17) is 19.7 Å². The number of rotatable bonds is 8. The lowest BCUT2D eigenvalue weighted by atomic mass is 9.80. The van der Waals surface area contributed by atoms with Crippen molar-refractivity contribution >= 4 is 0 Å². The molecule has 4 nitrogen and oxygen atoms in total. The molecular formula is C20H40O4. The summed E-state index contributed by atoms with van der Waals surface area (Å²) in [4.78, 5) is 0. The lowest BCUT2D eigenvalue weighted by molar-refractivity contribution is 0.0206. The first-order valence-corrected chi connectivity index (χ1v) is 10.1. The highest BCUT2D eigenvalue weighted by atomic mass is 16.5. The van der Waals surface area contributed by atoms with Crippen molar-refractivity contribution < 1.29 is 19.7 Å². The van der Waals surface area contributed by atoms with Gasteiger partial charge in [-0.3, -0.25) is 0 Å². The zero-order valence-electron chi connectivity index (χ0n) is 15.9. The Labute approximate surface area is 148 Å². The van der Waals surface area contributed by atoms with Gasteiger partial charge in [0.2, 0.25) is 0 Å². The van der Waals surface area contributed by atoms with Crippen molar-refractivity contribution in [2.24, 2.45) is 23.7 Å². The highest BCUT2D eigenvalue weighted by Gasteiger charge is 2.25. The molecule has 0 aromatic heterocycles. The van der Waals surface area contributed by atoms with E-state index in [1.807, 2.05) is 0 Å². The van der Waals surface area contributed by atoms with Crippen molar-refractivity contribution in [3.05, 3.63) is 0 Å². The summed E-state index contributed by atoms with van der Waals surface area (Å²) in [6, 6.07) is 0. The zero-order valence-corrected chi connectivity index (χ0v) is 15.9. The van der Waals surface area contributed by atoms with Crippen molar-refractivity contribution in [2.45, 2.75) is 65.2 Å². The number of hydrogen-bond donors (Lipinski definition) is 2. The van der Waals surface area contributed by atoms with Crippen molar-refractivity contribution in [1.29, 1.82) is 0 Å². The minimum absolute atomic E-state index is 0.255. The van der Waals surface area contributed by atoms with Crippen LogP contribution in [0.2, 0.25) is 0 Å². The average molecular weight is 345 g/mol. The summed E-state index contributed by atoms with van der Waals surface area (Å²) in [5.41, 5.74) is 0. The smallest absolute Gasteiger partial charge is 0.0497 e. The monoisotopic (exact) mass is 344 g/mol. The molecule has 2 aliphatic carbocycles. The maximum atomic E-state index is 8.88. The van der Waals surface area contributed by atoms with E-state index in [9.17, 15) is 0 Å². The first-order valence-electron chi connectivity index (χ1n) is 10.1. The third-order valence-electron chi connectivity index (χ3n) is 5.67. The Morgan fingerprint density at radius 3 is 1.25 bits per heavy atom. The second-order valence-electron chi connectivity index (χ2n) is 7.29. The third kappa shape index (κ3) is 8.28. The molecule has 0 radical (unpaired) electrons. The van der Waals surface area contributed by atoms with Gasteiger partial charge in [-0.15, -0.1) is 0 Å². The van der Waals surface area contributed by atoms with Crippen LogP contribution in [0.15, 0.2) is 0 Å². The Hall–Kier alpha value is -0.160. The van der Waals surface area contributed by atoms with E-state index in [-0.39, 0.29) is 13.2 Å². The van der Waals surface area contributed by atoms with E-state index in [1.165, 1.54) is 38.5 Å². The fraction of sp³-hybridized carbons (Fsp3) is 1.00. The molecule has 0 aromatic carbocycles. The van der Waals surface area contributed by atoms with Crippen molar-refractivity contribution in [1.82, 2.24) is 0 Å². The second-order valence-corrected chi connectivity index (χ2v) is 7.29. The number of hydrogen-bond acceptors (Lipinski definition) is 4. The van der Waals surface area contributed by atoms with Crippen molar-refractivity contribution in [3.63, 3.8) is 0 Å². The summed E-state index contributed by atoms with van der Waals surface area (Å²) in [5, 5.41) is 17.8. The molecule has 0 heterocycles. The van der Waals surface area contributed by atoms with Gasteiger partial charge in [-0.1, -0.05) is 25.7 Å². The van der Waals surface area contributed by atoms with Gasteiger partial charge in [-0.25, -0.2) is 0 Å². The highest BCUT2D eigenvalue weighted by molar-refractivity contribution is 4.75. The summed E-state index contributed by atoms with van der Waals surface area (Å²) in [6.07, 6.45) is 10.1. The summed E-state index contributed by atoms with van der Waals surface area (Å²) in [5.74, 6) is 2.24. The maximum Gasteiger partial charge on any atom is 0.0497 e. The molecule has 24 heavy (non-hydrogen) atoms. The number of ether oxygens (including phenoxy) is 2. The molecule has 0 amide bonds. The first-order chi connectivity index (χ1) is 11.8. The quantitative estimate of drug-likeness (QED) is 0.706. The standard InChI is InChI=1S/C12H24O2.C8H16O2/c1-3-13-9-11-7-5-6-8-12(11)10-14-4-2;9-5-7-3-1-2-4-8(7)6-10/h11-12H,3-10H2,1-2H3;7-10H,1-6H2/t11-,12+;7-,8+. The van der Waals surface area contributed by atoms with Crippen LogP contribution in [0.5, 0.6) is 0 Å². The Morgan fingerprint density at radius 1 is 0.625 bits per heavy atom. The predicted octanol–water partition coefficient (Wildman–Crippen LogP) is 3.64. The molecule has 0 aliphatic heterocycles. The van der Waals surface area contributed by atoms with Crippen molar-refractivity contribution in [2.75, 3.05) is 39.6 Å². The Bertz CT molecular complexity index is 257. The van der Waals surface area contributed by atoms with Crippen LogP contribution in [0, 0.1) is 23.7 Å². The van der Waals surface area contributed by atoms with Gasteiger partial charge >= 0.3 is 0 Å². The normalized spacial score (nSPS) is 30.5. The molecule has 2 rings (SSSR count). The summed E-state index contributed by atoms with van der Waals surface area (Å²) in [6.45, 7) is 8.22. The minimum Gasteiger partial charge on any atom is -0.396 e. The molecule has 0 bridgehead atoms. The van der Waals surface area contributed by atoms with E-state index in [2.05, 4.69) is 13.8 Å². The van der Waals surface area contributed by atoms with E-state index >= 15 is 0 Å². The van der Waals surface area contributed by atoms with Gasteiger partial charge < -0.3 is 19.7 Å². The van der Waals surface area contributed by atoms with Crippen molar-refractivity contribution in [3.8, 4) is 0 Å². The van der Waals surface area contributed by atoms with E-state index < -0.39 is 0 Å². The van der Waals surface area contributed by atoms with Gasteiger partial charge in [-0.05, 0) is 63.2 Å².